The van der Waals surface area contributed by atoms with Crippen LogP contribution in [0.25, 0.3) is 0 Å². The third kappa shape index (κ3) is 1.98. The first-order valence-corrected chi connectivity index (χ1v) is 6.02. The quantitative estimate of drug-likeness (QED) is 0.569. The van der Waals surface area contributed by atoms with Crippen molar-refractivity contribution in [3.05, 3.63) is 12.7 Å². The van der Waals surface area contributed by atoms with Crippen molar-refractivity contribution < 1.29 is 0 Å². The molecule has 13 heavy (non-hydrogen) atoms. The topological polar surface area (TPSA) is 0 Å². The molecule has 3 atom stereocenters. The van der Waals surface area contributed by atoms with Gasteiger partial charge in [-0.15, -0.1) is 6.58 Å². The van der Waals surface area contributed by atoms with Gasteiger partial charge >= 0.3 is 0 Å². The van der Waals surface area contributed by atoms with E-state index in [1.54, 1.807) is 0 Å². The lowest BCUT2D eigenvalue weighted by Crippen LogP contribution is -2.18. The standard InChI is InChI=1S/C13H22/c1-2-3-6-11-9-10-12-7-4-5-8-13(11)12/h2,11-13H,1,3-10H2. The van der Waals surface area contributed by atoms with Gasteiger partial charge in [-0.05, 0) is 49.9 Å². The molecule has 0 saturated heterocycles. The van der Waals surface area contributed by atoms with Crippen LogP contribution in [0, 0.1) is 17.8 Å². The van der Waals surface area contributed by atoms with Gasteiger partial charge in [0.05, 0.1) is 0 Å². The molecule has 0 bridgehead atoms. The number of fused-ring (bicyclic) bond motifs is 1. The van der Waals surface area contributed by atoms with Crippen LogP contribution >= 0.6 is 0 Å². The summed E-state index contributed by atoms with van der Waals surface area (Å²) in [6, 6.07) is 0. The normalized spacial score (nSPS) is 38.6. The summed E-state index contributed by atoms with van der Waals surface area (Å²) in [5.41, 5.74) is 0. The molecule has 2 rings (SSSR count). The Hall–Kier alpha value is -0.260. The number of allylic oxidation sites excluding steroid dienone is 1. The molecule has 74 valence electrons. The second-order valence-corrected chi connectivity index (χ2v) is 4.91. The Morgan fingerprint density at radius 2 is 1.92 bits per heavy atom. The van der Waals surface area contributed by atoms with Crippen LogP contribution in [0.3, 0.4) is 0 Å². The van der Waals surface area contributed by atoms with Crippen LogP contribution in [0.15, 0.2) is 12.7 Å². The molecule has 0 aromatic rings. The Balaban J connectivity index is 1.87. The highest BCUT2D eigenvalue weighted by Gasteiger charge is 2.36. The highest BCUT2D eigenvalue weighted by Crippen LogP contribution is 2.47. The summed E-state index contributed by atoms with van der Waals surface area (Å²) >= 11 is 0. The second-order valence-electron chi connectivity index (χ2n) is 4.91. The predicted octanol–water partition coefficient (Wildman–Crippen LogP) is 4.17. The lowest BCUT2D eigenvalue weighted by atomic mass is 9.77. The minimum atomic E-state index is 1.06. The van der Waals surface area contributed by atoms with Crippen molar-refractivity contribution in [3.8, 4) is 0 Å². The van der Waals surface area contributed by atoms with Crippen molar-refractivity contribution in [2.45, 2.75) is 51.4 Å². The van der Waals surface area contributed by atoms with E-state index in [9.17, 15) is 0 Å². The predicted molar refractivity (Wildman–Crippen MR) is 57.6 cm³/mol. The van der Waals surface area contributed by atoms with E-state index < -0.39 is 0 Å². The zero-order valence-electron chi connectivity index (χ0n) is 8.67. The van der Waals surface area contributed by atoms with E-state index >= 15 is 0 Å². The average molecular weight is 178 g/mol. The highest BCUT2D eigenvalue weighted by atomic mass is 14.4. The number of rotatable bonds is 3. The largest absolute Gasteiger partial charge is 0.103 e. The third-order valence-electron chi connectivity index (χ3n) is 4.22. The molecular weight excluding hydrogens is 156 g/mol. The van der Waals surface area contributed by atoms with Gasteiger partial charge in [-0.3, -0.25) is 0 Å². The Morgan fingerprint density at radius 1 is 1.08 bits per heavy atom. The van der Waals surface area contributed by atoms with E-state index in [-0.39, 0.29) is 0 Å². The summed E-state index contributed by atoms with van der Waals surface area (Å²) in [5, 5.41) is 0. The molecule has 0 spiro atoms. The summed E-state index contributed by atoms with van der Waals surface area (Å²) < 4.78 is 0. The molecule has 2 aliphatic carbocycles. The zero-order valence-corrected chi connectivity index (χ0v) is 8.67. The maximum Gasteiger partial charge on any atom is -0.0351 e. The van der Waals surface area contributed by atoms with E-state index in [0.29, 0.717) is 0 Å². The summed E-state index contributed by atoms with van der Waals surface area (Å²) in [4.78, 5) is 0. The van der Waals surface area contributed by atoms with E-state index in [1.807, 2.05) is 0 Å². The van der Waals surface area contributed by atoms with Gasteiger partial charge in [0.25, 0.3) is 0 Å². The van der Waals surface area contributed by atoms with E-state index in [1.165, 1.54) is 51.4 Å². The molecular formula is C13H22. The SMILES string of the molecule is C=CCCC1CCC2CCCCC12. The fourth-order valence-electron chi connectivity index (χ4n) is 3.55. The fraction of sp³-hybridized carbons (Fsp3) is 0.846. The zero-order chi connectivity index (χ0) is 9.10. The molecule has 2 saturated carbocycles. The minimum Gasteiger partial charge on any atom is -0.103 e. The smallest absolute Gasteiger partial charge is 0.0351 e. The summed E-state index contributed by atoms with van der Waals surface area (Å²) in [6.07, 6.45) is 13.9. The Morgan fingerprint density at radius 3 is 2.77 bits per heavy atom. The van der Waals surface area contributed by atoms with Crippen LogP contribution in [0.2, 0.25) is 0 Å². The van der Waals surface area contributed by atoms with Crippen LogP contribution in [0.1, 0.15) is 51.4 Å². The van der Waals surface area contributed by atoms with E-state index in [4.69, 9.17) is 0 Å². The number of hydrogen-bond acceptors (Lipinski definition) is 0. The minimum absolute atomic E-state index is 1.06. The van der Waals surface area contributed by atoms with Gasteiger partial charge in [-0.1, -0.05) is 25.3 Å². The Labute approximate surface area is 82.4 Å². The second kappa shape index (κ2) is 4.30. The monoisotopic (exact) mass is 178 g/mol. The third-order valence-corrected chi connectivity index (χ3v) is 4.22. The first kappa shape index (κ1) is 9.30. The van der Waals surface area contributed by atoms with Crippen LogP contribution in [0.5, 0.6) is 0 Å². The summed E-state index contributed by atoms with van der Waals surface area (Å²) in [5.74, 6) is 3.28. The fourth-order valence-corrected chi connectivity index (χ4v) is 3.55. The summed E-state index contributed by atoms with van der Waals surface area (Å²) in [6.45, 7) is 3.83. The van der Waals surface area contributed by atoms with Crippen molar-refractivity contribution in [2.24, 2.45) is 17.8 Å². The van der Waals surface area contributed by atoms with Gasteiger partial charge in [0.1, 0.15) is 0 Å². The van der Waals surface area contributed by atoms with E-state index in [0.717, 1.165) is 17.8 Å². The highest BCUT2D eigenvalue weighted by molar-refractivity contribution is 4.88. The molecule has 0 radical (unpaired) electrons. The van der Waals surface area contributed by atoms with Gasteiger partial charge in [-0.25, -0.2) is 0 Å². The molecule has 0 heteroatoms. The van der Waals surface area contributed by atoms with Crippen molar-refractivity contribution >= 4 is 0 Å². The van der Waals surface area contributed by atoms with Gasteiger partial charge in [-0.2, -0.15) is 0 Å². The van der Waals surface area contributed by atoms with Crippen molar-refractivity contribution in [1.82, 2.24) is 0 Å². The molecule has 2 aliphatic rings. The molecule has 0 nitrogen and oxygen atoms in total. The first-order chi connectivity index (χ1) is 6.42. The Kier molecular flexibility index (Phi) is 3.08. The van der Waals surface area contributed by atoms with Crippen LogP contribution in [0.4, 0.5) is 0 Å². The molecule has 0 aliphatic heterocycles. The van der Waals surface area contributed by atoms with Crippen molar-refractivity contribution in [3.63, 3.8) is 0 Å². The molecule has 2 fully saturated rings. The molecule has 0 aromatic heterocycles. The maximum atomic E-state index is 3.83. The van der Waals surface area contributed by atoms with Gasteiger partial charge in [0.15, 0.2) is 0 Å². The molecule has 0 N–H and O–H groups in total. The van der Waals surface area contributed by atoms with Crippen LogP contribution < -0.4 is 0 Å². The lowest BCUT2D eigenvalue weighted by molar-refractivity contribution is 0.221. The molecule has 0 aromatic carbocycles. The van der Waals surface area contributed by atoms with E-state index in [2.05, 4.69) is 12.7 Å². The maximum absolute atomic E-state index is 3.83. The first-order valence-electron chi connectivity index (χ1n) is 6.02. The molecule has 3 unspecified atom stereocenters. The number of hydrogen-bond donors (Lipinski definition) is 0. The lowest BCUT2D eigenvalue weighted by Gasteiger charge is -2.29. The van der Waals surface area contributed by atoms with Gasteiger partial charge in [0, 0.05) is 0 Å². The van der Waals surface area contributed by atoms with Crippen LogP contribution in [-0.4, -0.2) is 0 Å². The Bertz CT molecular complexity index is 171. The van der Waals surface area contributed by atoms with Gasteiger partial charge < -0.3 is 0 Å². The summed E-state index contributed by atoms with van der Waals surface area (Å²) in [7, 11) is 0. The molecule has 0 heterocycles. The van der Waals surface area contributed by atoms with Crippen LogP contribution in [-0.2, 0) is 0 Å². The van der Waals surface area contributed by atoms with Crippen molar-refractivity contribution in [2.75, 3.05) is 0 Å². The molecule has 0 amide bonds. The van der Waals surface area contributed by atoms with Crippen molar-refractivity contribution in [1.29, 1.82) is 0 Å². The van der Waals surface area contributed by atoms with Gasteiger partial charge in [0.2, 0.25) is 0 Å². The average Bonchev–Trinajstić information content (AvgIpc) is 2.58.